The van der Waals surface area contributed by atoms with E-state index in [1.54, 1.807) is 19.1 Å². The predicted molar refractivity (Wildman–Crippen MR) is 129 cm³/mol. The Morgan fingerprint density at radius 2 is 1.88 bits per heavy atom. The number of nitrogens with one attached hydrogen (secondary N) is 1. The third-order valence-corrected chi connectivity index (χ3v) is 5.39. The normalized spacial score (nSPS) is 10.8. The number of amides is 1. The Bertz CT molecular complexity index is 1210. The fourth-order valence-electron chi connectivity index (χ4n) is 2.97. The molecule has 0 aliphatic heterocycles. The number of rotatable bonds is 8. The van der Waals surface area contributed by atoms with Gasteiger partial charge in [-0.2, -0.15) is 5.10 Å². The Kier molecular flexibility index (Phi) is 7.78. The number of benzene rings is 3. The van der Waals surface area contributed by atoms with Crippen molar-refractivity contribution in [3.8, 4) is 11.5 Å². The number of hydrogen-bond donors (Lipinski definition) is 1. The van der Waals surface area contributed by atoms with Gasteiger partial charge in [0.05, 0.1) is 22.7 Å². The summed E-state index contributed by atoms with van der Waals surface area (Å²) in [5.41, 5.74) is 5.72. The number of nitrogens with zero attached hydrogens (tertiary/aromatic N) is 2. The van der Waals surface area contributed by atoms with E-state index in [0.717, 1.165) is 5.56 Å². The van der Waals surface area contributed by atoms with Crippen LogP contribution in [0.25, 0.3) is 0 Å². The van der Waals surface area contributed by atoms with Gasteiger partial charge in [0.25, 0.3) is 11.6 Å². The number of halogens is 1. The van der Waals surface area contributed by atoms with Crippen molar-refractivity contribution in [2.24, 2.45) is 5.10 Å². The van der Waals surface area contributed by atoms with E-state index in [1.165, 1.54) is 37.1 Å². The van der Waals surface area contributed by atoms with Crippen LogP contribution in [0.3, 0.4) is 0 Å². The molecule has 170 valence electrons. The Balaban J connectivity index is 1.70. The number of aryl methyl sites for hydroxylation is 2. The molecule has 1 N–H and O–H groups in total. The minimum atomic E-state index is -0.557. The molecule has 0 saturated carbocycles. The van der Waals surface area contributed by atoms with Gasteiger partial charge in [-0.05, 0) is 59.1 Å². The molecule has 0 saturated heterocycles. The second-order valence-electron chi connectivity index (χ2n) is 7.27. The molecule has 0 aliphatic carbocycles. The van der Waals surface area contributed by atoms with Crippen molar-refractivity contribution in [3.05, 3.63) is 97.0 Å². The summed E-state index contributed by atoms with van der Waals surface area (Å²) < 4.78 is 12.1. The first kappa shape index (κ1) is 23.9. The molecule has 9 heteroatoms. The molecule has 0 aromatic heterocycles. The molecule has 3 aromatic carbocycles. The smallest absolute Gasteiger partial charge is 0.273 e. The zero-order valence-electron chi connectivity index (χ0n) is 18.3. The highest BCUT2D eigenvalue weighted by Gasteiger charge is 2.15. The van der Waals surface area contributed by atoms with Gasteiger partial charge in [-0.15, -0.1) is 0 Å². The van der Waals surface area contributed by atoms with Gasteiger partial charge in [0.2, 0.25) is 0 Å². The number of nitro benzene ring substituents is 1. The molecular weight excluding hydrogens is 490 g/mol. The van der Waals surface area contributed by atoms with E-state index < -0.39 is 10.8 Å². The van der Waals surface area contributed by atoms with Gasteiger partial charge >= 0.3 is 0 Å². The van der Waals surface area contributed by atoms with E-state index in [4.69, 9.17) is 9.47 Å². The summed E-state index contributed by atoms with van der Waals surface area (Å²) in [4.78, 5) is 22.9. The number of carbonyl (C=O) groups is 1. The third-order valence-electron chi connectivity index (χ3n) is 4.80. The lowest BCUT2D eigenvalue weighted by Crippen LogP contribution is -2.17. The minimum Gasteiger partial charge on any atom is -0.493 e. The lowest BCUT2D eigenvalue weighted by molar-refractivity contribution is -0.385. The molecule has 0 unspecified atom stereocenters. The van der Waals surface area contributed by atoms with E-state index in [2.05, 4.69) is 26.5 Å². The van der Waals surface area contributed by atoms with Gasteiger partial charge in [0, 0.05) is 17.2 Å². The van der Waals surface area contributed by atoms with Gasteiger partial charge in [-0.1, -0.05) is 35.9 Å². The van der Waals surface area contributed by atoms with Crippen molar-refractivity contribution < 1.29 is 19.2 Å². The maximum atomic E-state index is 12.3. The standard InChI is InChI=1S/C24H22BrN3O5/c1-15-4-7-17(8-5-15)14-33-23-20(25)10-18(11-22(23)32-3)13-26-27-24(29)19-9-6-16(2)21(12-19)28(30)31/h4-13H,14H2,1-3H3,(H,27,29)/b26-13-. The molecule has 0 radical (unpaired) electrons. The summed E-state index contributed by atoms with van der Waals surface area (Å²) in [7, 11) is 1.54. The molecule has 0 bridgehead atoms. The molecule has 0 spiro atoms. The summed E-state index contributed by atoms with van der Waals surface area (Å²) >= 11 is 3.49. The first-order chi connectivity index (χ1) is 15.8. The molecule has 3 rings (SSSR count). The van der Waals surface area contributed by atoms with Crippen molar-refractivity contribution in [1.82, 2.24) is 5.43 Å². The van der Waals surface area contributed by atoms with Crippen molar-refractivity contribution in [2.45, 2.75) is 20.5 Å². The van der Waals surface area contributed by atoms with Gasteiger partial charge < -0.3 is 9.47 Å². The Labute approximate surface area is 199 Å². The average molecular weight is 512 g/mol. The van der Waals surface area contributed by atoms with Crippen LogP contribution >= 0.6 is 15.9 Å². The highest BCUT2D eigenvalue weighted by molar-refractivity contribution is 9.10. The highest BCUT2D eigenvalue weighted by atomic mass is 79.9. The Morgan fingerprint density at radius 1 is 1.15 bits per heavy atom. The van der Waals surface area contributed by atoms with Crippen molar-refractivity contribution in [1.29, 1.82) is 0 Å². The molecule has 0 atom stereocenters. The van der Waals surface area contributed by atoms with E-state index in [0.29, 0.717) is 33.7 Å². The van der Waals surface area contributed by atoms with E-state index in [-0.39, 0.29) is 11.3 Å². The minimum absolute atomic E-state index is 0.124. The van der Waals surface area contributed by atoms with E-state index in [9.17, 15) is 14.9 Å². The molecule has 0 heterocycles. The van der Waals surface area contributed by atoms with Crippen LogP contribution in [-0.4, -0.2) is 24.2 Å². The van der Waals surface area contributed by atoms with E-state index in [1.807, 2.05) is 31.2 Å². The summed E-state index contributed by atoms with van der Waals surface area (Å²) in [6.07, 6.45) is 1.44. The topological polar surface area (TPSA) is 103 Å². The largest absolute Gasteiger partial charge is 0.493 e. The molecule has 3 aromatic rings. The van der Waals surface area contributed by atoms with E-state index >= 15 is 0 Å². The van der Waals surface area contributed by atoms with Crippen LogP contribution in [0, 0.1) is 24.0 Å². The Morgan fingerprint density at radius 3 is 2.55 bits per heavy atom. The summed E-state index contributed by atoms with van der Waals surface area (Å²) in [5, 5.41) is 15.0. The lowest BCUT2D eigenvalue weighted by Gasteiger charge is -2.13. The first-order valence-electron chi connectivity index (χ1n) is 9.93. The fraction of sp³-hybridized carbons (Fsp3) is 0.167. The van der Waals surface area contributed by atoms with Crippen molar-refractivity contribution in [3.63, 3.8) is 0 Å². The molecular formula is C24H22BrN3O5. The van der Waals surface area contributed by atoms with Gasteiger partial charge in [0.15, 0.2) is 11.5 Å². The maximum absolute atomic E-state index is 12.3. The van der Waals surface area contributed by atoms with Crippen LogP contribution in [-0.2, 0) is 6.61 Å². The number of methoxy groups -OCH3 is 1. The molecule has 33 heavy (non-hydrogen) atoms. The molecule has 1 amide bonds. The number of ether oxygens (including phenoxy) is 2. The number of hydrogen-bond acceptors (Lipinski definition) is 6. The summed E-state index contributed by atoms with van der Waals surface area (Å²) in [5.74, 6) is 0.489. The third kappa shape index (κ3) is 6.17. The first-order valence-corrected chi connectivity index (χ1v) is 10.7. The second-order valence-corrected chi connectivity index (χ2v) is 8.12. The van der Waals surface area contributed by atoms with Crippen LogP contribution in [0.1, 0.15) is 32.6 Å². The van der Waals surface area contributed by atoms with Crippen LogP contribution in [0.5, 0.6) is 11.5 Å². The predicted octanol–water partition coefficient (Wildman–Crippen LogP) is 5.33. The lowest BCUT2D eigenvalue weighted by atomic mass is 10.1. The van der Waals surface area contributed by atoms with Crippen LogP contribution in [0.2, 0.25) is 0 Å². The van der Waals surface area contributed by atoms with Crippen molar-refractivity contribution in [2.75, 3.05) is 7.11 Å². The Hall–Kier alpha value is -3.72. The number of hydrazone groups is 1. The molecule has 8 nitrogen and oxygen atoms in total. The van der Waals surface area contributed by atoms with Gasteiger partial charge in [-0.3, -0.25) is 14.9 Å². The quantitative estimate of drug-likeness (QED) is 0.250. The van der Waals surface area contributed by atoms with Gasteiger partial charge in [0.1, 0.15) is 6.61 Å². The highest BCUT2D eigenvalue weighted by Crippen LogP contribution is 2.36. The fourth-order valence-corrected chi connectivity index (χ4v) is 3.55. The summed E-state index contributed by atoms with van der Waals surface area (Å²) in [6, 6.07) is 15.8. The zero-order valence-corrected chi connectivity index (χ0v) is 19.9. The number of carbonyl (C=O) groups excluding carboxylic acids is 1. The van der Waals surface area contributed by atoms with Crippen LogP contribution in [0.4, 0.5) is 5.69 Å². The monoisotopic (exact) mass is 511 g/mol. The molecule has 0 aliphatic rings. The number of nitro groups is 1. The van der Waals surface area contributed by atoms with Crippen molar-refractivity contribution >= 4 is 33.7 Å². The zero-order chi connectivity index (χ0) is 24.0. The summed E-state index contributed by atoms with van der Waals surface area (Å²) in [6.45, 7) is 4.01. The SMILES string of the molecule is COc1cc(/C=N\NC(=O)c2ccc(C)c([N+](=O)[O-])c2)cc(Br)c1OCc1ccc(C)cc1. The van der Waals surface area contributed by atoms with Gasteiger partial charge in [-0.25, -0.2) is 5.43 Å². The molecule has 0 fully saturated rings. The maximum Gasteiger partial charge on any atom is 0.273 e. The second kappa shape index (κ2) is 10.7. The average Bonchev–Trinajstić information content (AvgIpc) is 2.79. The van der Waals surface area contributed by atoms with Crippen LogP contribution < -0.4 is 14.9 Å². The van der Waals surface area contributed by atoms with Crippen LogP contribution in [0.15, 0.2) is 64.2 Å².